The Balaban J connectivity index is 2.17. The molecule has 0 saturated carbocycles. The van der Waals surface area contributed by atoms with Crippen molar-refractivity contribution in [2.75, 3.05) is 7.05 Å². The van der Waals surface area contributed by atoms with Gasteiger partial charge < -0.3 is 9.73 Å². The molecule has 1 unspecified atom stereocenters. The average molecular weight is 297 g/mol. The van der Waals surface area contributed by atoms with Gasteiger partial charge in [-0.15, -0.1) is 0 Å². The van der Waals surface area contributed by atoms with Crippen LogP contribution in [0.1, 0.15) is 34.3 Å². The maximum Gasteiger partial charge on any atom is 0.416 e. The van der Waals surface area contributed by atoms with Gasteiger partial charge in [0.25, 0.3) is 0 Å². The van der Waals surface area contributed by atoms with Crippen molar-refractivity contribution >= 4 is 0 Å². The van der Waals surface area contributed by atoms with Crippen molar-refractivity contribution in [2.24, 2.45) is 0 Å². The van der Waals surface area contributed by atoms with E-state index in [1.54, 1.807) is 0 Å². The zero-order valence-electron chi connectivity index (χ0n) is 12.2. The molecule has 1 heterocycles. The molecule has 0 aliphatic carbocycles. The van der Waals surface area contributed by atoms with Crippen LogP contribution in [0.25, 0.3) is 0 Å². The first-order chi connectivity index (χ1) is 9.81. The van der Waals surface area contributed by atoms with Gasteiger partial charge in [-0.3, -0.25) is 0 Å². The number of benzene rings is 1. The lowest BCUT2D eigenvalue weighted by atomic mass is 9.98. The topological polar surface area (TPSA) is 25.2 Å². The molecular formula is C16H18F3NO. The normalized spacial score (nSPS) is 13.4. The molecule has 114 valence electrons. The van der Waals surface area contributed by atoms with Gasteiger partial charge in [-0.1, -0.05) is 12.1 Å². The van der Waals surface area contributed by atoms with Crippen molar-refractivity contribution in [1.82, 2.24) is 5.32 Å². The monoisotopic (exact) mass is 297 g/mol. The Bertz CT molecular complexity index is 599. The van der Waals surface area contributed by atoms with Gasteiger partial charge in [0.05, 0.1) is 5.56 Å². The third-order valence-corrected chi connectivity index (χ3v) is 3.52. The summed E-state index contributed by atoms with van der Waals surface area (Å²) >= 11 is 0. The molecule has 2 nitrogen and oxygen atoms in total. The van der Waals surface area contributed by atoms with Crippen LogP contribution in [0.15, 0.2) is 34.7 Å². The third kappa shape index (κ3) is 3.67. The van der Waals surface area contributed by atoms with E-state index in [9.17, 15) is 13.2 Å². The van der Waals surface area contributed by atoms with Gasteiger partial charge in [-0.2, -0.15) is 13.2 Å². The van der Waals surface area contributed by atoms with Crippen LogP contribution in [0, 0.1) is 13.8 Å². The molecule has 2 aromatic rings. The molecule has 0 amide bonds. The van der Waals surface area contributed by atoms with Crippen molar-refractivity contribution in [2.45, 2.75) is 32.5 Å². The van der Waals surface area contributed by atoms with Crippen LogP contribution in [0.4, 0.5) is 13.2 Å². The quantitative estimate of drug-likeness (QED) is 0.903. The van der Waals surface area contributed by atoms with E-state index >= 15 is 0 Å². The molecule has 0 spiro atoms. The molecule has 1 aromatic carbocycles. The molecule has 0 radical (unpaired) electrons. The second-order valence-electron chi connectivity index (χ2n) is 5.11. The van der Waals surface area contributed by atoms with E-state index in [-0.39, 0.29) is 6.04 Å². The average Bonchev–Trinajstić information content (AvgIpc) is 2.74. The van der Waals surface area contributed by atoms with E-state index in [2.05, 4.69) is 5.32 Å². The van der Waals surface area contributed by atoms with Crippen LogP contribution in [0.3, 0.4) is 0 Å². The van der Waals surface area contributed by atoms with E-state index in [1.165, 1.54) is 12.1 Å². The van der Waals surface area contributed by atoms with Gasteiger partial charge in [-0.05, 0) is 51.1 Å². The highest BCUT2D eigenvalue weighted by molar-refractivity contribution is 5.29. The van der Waals surface area contributed by atoms with Crippen LogP contribution in [0.5, 0.6) is 0 Å². The minimum absolute atomic E-state index is 0.0131. The molecule has 1 aromatic heterocycles. The fraction of sp³-hybridized carbons (Fsp3) is 0.375. The molecule has 1 N–H and O–H groups in total. The van der Waals surface area contributed by atoms with Crippen LogP contribution in [-0.2, 0) is 12.6 Å². The maximum atomic E-state index is 12.5. The molecule has 0 saturated heterocycles. The summed E-state index contributed by atoms with van der Waals surface area (Å²) in [6, 6.07) is 7.26. The van der Waals surface area contributed by atoms with Crippen LogP contribution in [0.2, 0.25) is 0 Å². The predicted molar refractivity (Wildman–Crippen MR) is 75.1 cm³/mol. The third-order valence-electron chi connectivity index (χ3n) is 3.52. The minimum Gasteiger partial charge on any atom is -0.466 e. The summed E-state index contributed by atoms with van der Waals surface area (Å²) in [6.45, 7) is 3.76. The Morgan fingerprint density at radius 2 is 1.76 bits per heavy atom. The number of furan rings is 1. The van der Waals surface area contributed by atoms with E-state index in [1.807, 2.05) is 27.0 Å². The molecule has 0 fully saturated rings. The smallest absolute Gasteiger partial charge is 0.416 e. The van der Waals surface area contributed by atoms with Gasteiger partial charge in [0.1, 0.15) is 11.5 Å². The summed E-state index contributed by atoms with van der Waals surface area (Å²) in [6.07, 6.45) is -3.69. The summed E-state index contributed by atoms with van der Waals surface area (Å²) in [5, 5.41) is 3.18. The van der Waals surface area contributed by atoms with Crippen molar-refractivity contribution in [3.8, 4) is 0 Å². The summed E-state index contributed by atoms with van der Waals surface area (Å²) in [7, 11) is 1.83. The van der Waals surface area contributed by atoms with Crippen LogP contribution < -0.4 is 5.32 Å². The molecule has 0 aliphatic rings. The Hall–Kier alpha value is -1.75. The fourth-order valence-electron chi connectivity index (χ4n) is 2.43. The zero-order chi connectivity index (χ0) is 15.6. The standard InChI is InChI=1S/C16H18F3NO/c1-10-8-14(11(2)21-10)15(20-3)9-12-4-6-13(7-5-12)16(17,18)19/h4-8,15,20H,9H2,1-3H3. The Labute approximate surface area is 122 Å². The predicted octanol–water partition coefficient (Wildman–Crippen LogP) is 4.42. The summed E-state index contributed by atoms with van der Waals surface area (Å²) in [5.41, 5.74) is 1.26. The molecule has 1 atom stereocenters. The molecule has 0 aliphatic heterocycles. The minimum atomic E-state index is -4.29. The first kappa shape index (κ1) is 15.6. The number of aryl methyl sites for hydroxylation is 2. The molecule has 5 heteroatoms. The van der Waals surface area contributed by atoms with Crippen molar-refractivity contribution < 1.29 is 17.6 Å². The first-order valence-corrected chi connectivity index (χ1v) is 6.71. The number of halogens is 3. The lowest BCUT2D eigenvalue weighted by Gasteiger charge is -2.16. The van der Waals surface area contributed by atoms with E-state index in [4.69, 9.17) is 4.42 Å². The molecule has 21 heavy (non-hydrogen) atoms. The summed E-state index contributed by atoms with van der Waals surface area (Å²) in [5.74, 6) is 1.66. The summed E-state index contributed by atoms with van der Waals surface area (Å²) < 4.78 is 43.1. The fourth-order valence-corrected chi connectivity index (χ4v) is 2.43. The van der Waals surface area contributed by atoms with Crippen molar-refractivity contribution in [3.05, 3.63) is 58.5 Å². The van der Waals surface area contributed by atoms with Gasteiger partial charge in [0, 0.05) is 11.6 Å². The first-order valence-electron chi connectivity index (χ1n) is 6.71. The maximum absolute atomic E-state index is 12.5. The number of likely N-dealkylation sites (N-methyl/N-ethyl adjacent to an activating group) is 1. The van der Waals surface area contributed by atoms with Gasteiger partial charge >= 0.3 is 6.18 Å². The van der Waals surface area contributed by atoms with E-state index in [0.29, 0.717) is 6.42 Å². The van der Waals surface area contributed by atoms with Gasteiger partial charge in [0.2, 0.25) is 0 Å². The van der Waals surface area contributed by atoms with E-state index < -0.39 is 11.7 Å². The number of hydrogen-bond acceptors (Lipinski definition) is 2. The van der Waals surface area contributed by atoms with Crippen LogP contribution >= 0.6 is 0 Å². The largest absolute Gasteiger partial charge is 0.466 e. The molecule has 0 bridgehead atoms. The van der Waals surface area contributed by atoms with Crippen molar-refractivity contribution in [1.29, 1.82) is 0 Å². The van der Waals surface area contributed by atoms with Crippen molar-refractivity contribution in [3.63, 3.8) is 0 Å². The molecular weight excluding hydrogens is 279 g/mol. The highest BCUT2D eigenvalue weighted by atomic mass is 19.4. The van der Waals surface area contributed by atoms with Gasteiger partial charge in [0.15, 0.2) is 0 Å². The zero-order valence-corrected chi connectivity index (χ0v) is 12.2. The van der Waals surface area contributed by atoms with Gasteiger partial charge in [-0.25, -0.2) is 0 Å². The Morgan fingerprint density at radius 1 is 1.14 bits per heavy atom. The lowest BCUT2D eigenvalue weighted by molar-refractivity contribution is -0.137. The lowest BCUT2D eigenvalue weighted by Crippen LogP contribution is -2.19. The summed E-state index contributed by atoms with van der Waals surface area (Å²) in [4.78, 5) is 0. The molecule has 2 rings (SSSR count). The Kier molecular flexibility index (Phi) is 4.42. The number of alkyl halides is 3. The van der Waals surface area contributed by atoms with Crippen LogP contribution in [-0.4, -0.2) is 7.05 Å². The Morgan fingerprint density at radius 3 is 2.19 bits per heavy atom. The second kappa shape index (κ2) is 5.93. The number of hydrogen-bond donors (Lipinski definition) is 1. The highest BCUT2D eigenvalue weighted by Gasteiger charge is 2.30. The second-order valence-corrected chi connectivity index (χ2v) is 5.11. The highest BCUT2D eigenvalue weighted by Crippen LogP contribution is 2.30. The SMILES string of the molecule is CNC(Cc1ccc(C(F)(F)F)cc1)c1cc(C)oc1C. The van der Waals surface area contributed by atoms with E-state index in [0.717, 1.165) is 34.8 Å². The number of rotatable bonds is 4. The number of nitrogens with one attached hydrogen (secondary N) is 1.